The molecule has 29 heavy (non-hydrogen) atoms. The number of piperidine rings is 1. The summed E-state index contributed by atoms with van der Waals surface area (Å²) in [6.07, 6.45) is 5.90. The SMILES string of the molecule is CN(c1nc2cnc(-c3cc(C#N)c4nn(C)cc4c3)nc2s1)C1CCNCC1. The van der Waals surface area contributed by atoms with Gasteiger partial charge in [0, 0.05) is 37.3 Å². The van der Waals surface area contributed by atoms with E-state index in [0.29, 0.717) is 22.9 Å². The maximum Gasteiger partial charge on any atom is 0.187 e. The Morgan fingerprint density at radius 3 is 2.90 bits per heavy atom. The Labute approximate surface area is 171 Å². The number of nitriles is 1. The molecule has 0 aliphatic carbocycles. The van der Waals surface area contributed by atoms with Crippen molar-refractivity contribution in [2.24, 2.45) is 7.05 Å². The first-order valence-corrected chi connectivity index (χ1v) is 10.4. The van der Waals surface area contributed by atoms with Crippen molar-refractivity contribution in [1.82, 2.24) is 30.0 Å². The third-order valence-electron chi connectivity index (χ3n) is 5.40. The molecule has 1 aromatic carbocycles. The van der Waals surface area contributed by atoms with Crippen molar-refractivity contribution in [3.8, 4) is 17.5 Å². The average molecular weight is 405 g/mol. The molecule has 8 nitrogen and oxygen atoms in total. The molecule has 1 saturated heterocycles. The van der Waals surface area contributed by atoms with Crippen LogP contribution in [0.25, 0.3) is 32.6 Å². The van der Waals surface area contributed by atoms with Gasteiger partial charge in [-0.25, -0.2) is 15.0 Å². The van der Waals surface area contributed by atoms with Crippen LogP contribution in [0.3, 0.4) is 0 Å². The van der Waals surface area contributed by atoms with Crippen molar-refractivity contribution in [3.05, 3.63) is 30.1 Å². The Bertz CT molecular complexity index is 1240. The standard InChI is InChI=1S/C20H20N8S/c1-27-11-14-8-12(7-13(9-21)17(14)26-27)18-23-10-16-19(25-18)29-20(24-16)28(2)15-3-5-22-6-4-15/h7-8,10-11,15,22H,3-6H2,1-2H3. The van der Waals surface area contributed by atoms with Crippen molar-refractivity contribution in [1.29, 1.82) is 5.26 Å². The maximum atomic E-state index is 9.52. The predicted molar refractivity (Wildman–Crippen MR) is 114 cm³/mol. The fraction of sp³-hybridized carbons (Fsp3) is 0.350. The maximum absolute atomic E-state index is 9.52. The molecule has 3 aromatic heterocycles. The largest absolute Gasteiger partial charge is 0.348 e. The van der Waals surface area contributed by atoms with Crippen LogP contribution in [0.1, 0.15) is 18.4 Å². The van der Waals surface area contributed by atoms with Crippen molar-refractivity contribution in [3.63, 3.8) is 0 Å². The second kappa shape index (κ2) is 7.06. The minimum absolute atomic E-state index is 0.496. The van der Waals surface area contributed by atoms with E-state index in [9.17, 15) is 5.26 Å². The summed E-state index contributed by atoms with van der Waals surface area (Å²) in [7, 11) is 3.96. The zero-order chi connectivity index (χ0) is 20.0. The summed E-state index contributed by atoms with van der Waals surface area (Å²) in [5.41, 5.74) is 2.84. The van der Waals surface area contributed by atoms with Crippen LogP contribution in [0.15, 0.2) is 24.5 Å². The molecule has 4 aromatic rings. The molecule has 1 fully saturated rings. The highest BCUT2D eigenvalue weighted by atomic mass is 32.1. The third-order valence-corrected chi connectivity index (χ3v) is 6.46. The first-order valence-electron chi connectivity index (χ1n) is 9.57. The molecule has 0 saturated carbocycles. The lowest BCUT2D eigenvalue weighted by molar-refractivity contribution is 0.443. The number of nitrogens with zero attached hydrogens (tertiary/aromatic N) is 7. The van der Waals surface area contributed by atoms with Gasteiger partial charge in [0.25, 0.3) is 0 Å². The summed E-state index contributed by atoms with van der Waals surface area (Å²) in [4.78, 5) is 17.1. The topological polar surface area (TPSA) is 95.5 Å². The van der Waals surface area contributed by atoms with Crippen molar-refractivity contribution >= 4 is 37.7 Å². The highest BCUT2D eigenvalue weighted by Crippen LogP contribution is 2.31. The van der Waals surface area contributed by atoms with Crippen molar-refractivity contribution in [2.75, 3.05) is 25.0 Å². The molecule has 146 valence electrons. The monoisotopic (exact) mass is 404 g/mol. The smallest absolute Gasteiger partial charge is 0.187 e. The van der Waals surface area contributed by atoms with Crippen LogP contribution in [0.5, 0.6) is 0 Å². The number of thiazole rings is 1. The summed E-state index contributed by atoms with van der Waals surface area (Å²) in [5.74, 6) is 0.597. The van der Waals surface area contributed by atoms with E-state index in [-0.39, 0.29) is 0 Å². The van der Waals surface area contributed by atoms with Gasteiger partial charge in [0.15, 0.2) is 11.0 Å². The first-order chi connectivity index (χ1) is 14.1. The number of hydrogen-bond acceptors (Lipinski definition) is 8. The highest BCUT2D eigenvalue weighted by molar-refractivity contribution is 7.21. The molecule has 0 spiro atoms. The molecule has 0 amide bonds. The fourth-order valence-electron chi connectivity index (χ4n) is 3.83. The van der Waals surface area contributed by atoms with Crippen molar-refractivity contribution in [2.45, 2.75) is 18.9 Å². The van der Waals surface area contributed by atoms with Gasteiger partial charge in [0.05, 0.1) is 11.8 Å². The van der Waals surface area contributed by atoms with Gasteiger partial charge >= 0.3 is 0 Å². The molecular formula is C20H20N8S. The second-order valence-corrected chi connectivity index (χ2v) is 8.30. The van der Waals surface area contributed by atoms with E-state index in [1.165, 1.54) is 0 Å². The van der Waals surface area contributed by atoms with E-state index in [2.05, 4.69) is 33.4 Å². The number of aromatic nitrogens is 5. The zero-order valence-electron chi connectivity index (χ0n) is 16.3. The lowest BCUT2D eigenvalue weighted by Crippen LogP contribution is -2.41. The molecule has 5 rings (SSSR count). The Kier molecular flexibility index (Phi) is 4.38. The number of anilines is 1. The predicted octanol–water partition coefficient (Wildman–Crippen LogP) is 2.70. The van der Waals surface area contributed by atoms with Gasteiger partial charge in [-0.3, -0.25) is 4.68 Å². The normalized spacial score (nSPS) is 15.1. The van der Waals surface area contributed by atoms with Gasteiger partial charge in [-0.15, -0.1) is 0 Å². The summed E-state index contributed by atoms with van der Waals surface area (Å²) in [6.45, 7) is 2.09. The third kappa shape index (κ3) is 3.20. The van der Waals surface area contributed by atoms with E-state index in [4.69, 9.17) is 9.97 Å². The lowest BCUT2D eigenvalue weighted by Gasteiger charge is -2.31. The minimum Gasteiger partial charge on any atom is -0.348 e. The molecular weight excluding hydrogens is 384 g/mol. The highest BCUT2D eigenvalue weighted by Gasteiger charge is 2.21. The number of nitrogens with one attached hydrogen (secondary N) is 1. The minimum atomic E-state index is 0.496. The number of fused-ring (bicyclic) bond motifs is 2. The van der Waals surface area contributed by atoms with Crippen LogP contribution in [-0.4, -0.2) is 50.9 Å². The van der Waals surface area contributed by atoms with Gasteiger partial charge in [-0.1, -0.05) is 11.3 Å². The Hall–Kier alpha value is -3.09. The molecule has 4 heterocycles. The fourth-order valence-corrected chi connectivity index (χ4v) is 4.78. The Morgan fingerprint density at radius 1 is 1.28 bits per heavy atom. The van der Waals surface area contributed by atoms with E-state index in [1.54, 1.807) is 28.3 Å². The van der Waals surface area contributed by atoms with Crippen LogP contribution < -0.4 is 10.2 Å². The number of aryl methyl sites for hydroxylation is 1. The van der Waals surface area contributed by atoms with Crippen LogP contribution in [0, 0.1) is 11.3 Å². The van der Waals surface area contributed by atoms with E-state index in [0.717, 1.165) is 52.4 Å². The van der Waals surface area contributed by atoms with E-state index >= 15 is 0 Å². The zero-order valence-corrected chi connectivity index (χ0v) is 17.1. The van der Waals surface area contributed by atoms with Crippen LogP contribution in [0.4, 0.5) is 5.13 Å². The summed E-state index contributed by atoms with van der Waals surface area (Å²) >= 11 is 1.59. The summed E-state index contributed by atoms with van der Waals surface area (Å²) < 4.78 is 1.71. The number of rotatable bonds is 3. The van der Waals surface area contributed by atoms with Gasteiger partial charge in [-0.05, 0) is 38.1 Å². The molecule has 0 radical (unpaired) electrons. The van der Waals surface area contributed by atoms with Gasteiger partial charge < -0.3 is 10.2 Å². The van der Waals surface area contributed by atoms with Crippen LogP contribution in [-0.2, 0) is 7.05 Å². The molecule has 0 unspecified atom stereocenters. The summed E-state index contributed by atoms with van der Waals surface area (Å²) in [5, 5.41) is 19.2. The first kappa shape index (κ1) is 18.0. The van der Waals surface area contributed by atoms with Gasteiger partial charge in [0.1, 0.15) is 21.9 Å². The van der Waals surface area contributed by atoms with Gasteiger partial charge in [-0.2, -0.15) is 10.4 Å². The molecule has 0 atom stereocenters. The van der Waals surface area contributed by atoms with Crippen LogP contribution in [0.2, 0.25) is 0 Å². The van der Waals surface area contributed by atoms with E-state index < -0.39 is 0 Å². The van der Waals surface area contributed by atoms with E-state index in [1.807, 2.05) is 19.3 Å². The van der Waals surface area contributed by atoms with Gasteiger partial charge in [0.2, 0.25) is 0 Å². The molecule has 0 bridgehead atoms. The lowest BCUT2D eigenvalue weighted by atomic mass is 10.1. The van der Waals surface area contributed by atoms with Crippen LogP contribution >= 0.6 is 11.3 Å². The average Bonchev–Trinajstić information content (AvgIpc) is 3.34. The summed E-state index contributed by atoms with van der Waals surface area (Å²) in [6, 6.07) is 6.51. The molecule has 1 aliphatic heterocycles. The molecule has 9 heteroatoms. The molecule has 1 aliphatic rings. The Balaban J connectivity index is 1.53. The Morgan fingerprint density at radius 2 is 2.10 bits per heavy atom. The number of benzene rings is 1. The quantitative estimate of drug-likeness (QED) is 0.561. The van der Waals surface area contributed by atoms with Crippen molar-refractivity contribution < 1.29 is 0 Å². The molecule has 1 N–H and O–H groups in total. The second-order valence-electron chi connectivity index (χ2n) is 7.35. The number of hydrogen-bond donors (Lipinski definition) is 1.